The van der Waals surface area contributed by atoms with Gasteiger partial charge in [0, 0.05) is 11.2 Å². The SMILES string of the molecule is COc1cc(Cl)ccc1C(=O)Nc1cccnc1Cl. The van der Waals surface area contributed by atoms with Crippen molar-refractivity contribution >= 4 is 34.8 Å². The van der Waals surface area contributed by atoms with E-state index < -0.39 is 0 Å². The molecule has 0 saturated heterocycles. The second kappa shape index (κ2) is 5.91. The van der Waals surface area contributed by atoms with E-state index in [0.717, 1.165) is 0 Å². The zero-order valence-corrected chi connectivity index (χ0v) is 11.5. The van der Waals surface area contributed by atoms with Gasteiger partial charge in [-0.15, -0.1) is 0 Å². The molecule has 19 heavy (non-hydrogen) atoms. The van der Waals surface area contributed by atoms with Gasteiger partial charge < -0.3 is 10.1 Å². The van der Waals surface area contributed by atoms with Crippen LogP contribution in [-0.2, 0) is 0 Å². The summed E-state index contributed by atoms with van der Waals surface area (Å²) < 4.78 is 5.12. The third-order valence-corrected chi connectivity index (χ3v) is 2.95. The van der Waals surface area contributed by atoms with E-state index in [4.69, 9.17) is 27.9 Å². The summed E-state index contributed by atoms with van der Waals surface area (Å²) in [5.41, 5.74) is 0.804. The summed E-state index contributed by atoms with van der Waals surface area (Å²) in [6.07, 6.45) is 1.54. The molecule has 1 heterocycles. The standard InChI is InChI=1S/C13H10Cl2N2O2/c1-19-11-7-8(14)4-5-9(11)13(18)17-10-3-2-6-16-12(10)15/h2-7H,1H3,(H,17,18). The van der Waals surface area contributed by atoms with Crippen LogP contribution in [0.4, 0.5) is 5.69 Å². The van der Waals surface area contributed by atoms with E-state index in [-0.39, 0.29) is 11.1 Å². The molecule has 0 aliphatic rings. The third kappa shape index (κ3) is 3.16. The van der Waals surface area contributed by atoms with Crippen LogP contribution in [0.25, 0.3) is 0 Å². The van der Waals surface area contributed by atoms with Gasteiger partial charge in [0.25, 0.3) is 5.91 Å². The lowest BCUT2D eigenvalue weighted by molar-refractivity contribution is 0.102. The van der Waals surface area contributed by atoms with Crippen molar-refractivity contribution in [1.82, 2.24) is 4.98 Å². The largest absolute Gasteiger partial charge is 0.496 e. The van der Waals surface area contributed by atoms with Gasteiger partial charge in [-0.1, -0.05) is 23.2 Å². The predicted molar refractivity (Wildman–Crippen MR) is 75.2 cm³/mol. The minimum atomic E-state index is -0.344. The van der Waals surface area contributed by atoms with Crippen LogP contribution in [0.3, 0.4) is 0 Å². The maximum atomic E-state index is 12.1. The molecule has 1 aromatic heterocycles. The van der Waals surface area contributed by atoms with Gasteiger partial charge in [0.05, 0.1) is 18.4 Å². The summed E-state index contributed by atoms with van der Waals surface area (Å²) in [7, 11) is 1.47. The summed E-state index contributed by atoms with van der Waals surface area (Å²) >= 11 is 11.7. The number of methoxy groups -OCH3 is 1. The lowest BCUT2D eigenvalue weighted by Crippen LogP contribution is -2.13. The van der Waals surface area contributed by atoms with Crippen molar-refractivity contribution < 1.29 is 9.53 Å². The number of carbonyl (C=O) groups is 1. The summed E-state index contributed by atoms with van der Waals surface area (Å²) in [5, 5.41) is 3.38. The van der Waals surface area contributed by atoms with Crippen molar-refractivity contribution in [3.8, 4) is 5.75 Å². The first-order valence-corrected chi connectivity index (χ1v) is 6.13. The average molecular weight is 297 g/mol. The highest BCUT2D eigenvalue weighted by molar-refractivity contribution is 6.33. The van der Waals surface area contributed by atoms with Gasteiger partial charge >= 0.3 is 0 Å². The molecule has 0 bridgehead atoms. The number of benzene rings is 1. The van der Waals surface area contributed by atoms with Crippen LogP contribution in [-0.4, -0.2) is 18.0 Å². The number of pyridine rings is 1. The first-order valence-electron chi connectivity index (χ1n) is 5.37. The first kappa shape index (κ1) is 13.6. The molecule has 6 heteroatoms. The third-order valence-electron chi connectivity index (χ3n) is 2.42. The Balaban J connectivity index is 2.28. The number of nitrogens with zero attached hydrogens (tertiary/aromatic N) is 1. The van der Waals surface area contributed by atoms with Crippen LogP contribution in [0.1, 0.15) is 10.4 Å². The summed E-state index contributed by atoms with van der Waals surface area (Å²) in [5.74, 6) is 0.0495. The molecule has 0 radical (unpaired) electrons. The van der Waals surface area contributed by atoms with Crippen LogP contribution >= 0.6 is 23.2 Å². The molecule has 98 valence electrons. The van der Waals surface area contributed by atoms with E-state index in [1.807, 2.05) is 0 Å². The lowest BCUT2D eigenvalue weighted by Gasteiger charge is -2.10. The summed E-state index contributed by atoms with van der Waals surface area (Å²) in [6.45, 7) is 0. The Morgan fingerprint density at radius 3 is 2.79 bits per heavy atom. The van der Waals surface area contributed by atoms with Crippen molar-refractivity contribution in [2.24, 2.45) is 0 Å². The van der Waals surface area contributed by atoms with Crippen LogP contribution < -0.4 is 10.1 Å². The van der Waals surface area contributed by atoms with Gasteiger partial charge in [0.1, 0.15) is 5.75 Å². The van der Waals surface area contributed by atoms with E-state index in [2.05, 4.69) is 10.3 Å². The Labute approximate surface area is 120 Å². The van der Waals surface area contributed by atoms with Gasteiger partial charge in [-0.2, -0.15) is 0 Å². The Morgan fingerprint density at radius 2 is 2.11 bits per heavy atom. The van der Waals surface area contributed by atoms with Crippen molar-refractivity contribution in [2.45, 2.75) is 0 Å². The number of rotatable bonds is 3. The van der Waals surface area contributed by atoms with E-state index >= 15 is 0 Å². The van der Waals surface area contributed by atoms with Crippen molar-refractivity contribution in [2.75, 3.05) is 12.4 Å². The van der Waals surface area contributed by atoms with Crippen LogP contribution in [0.2, 0.25) is 10.2 Å². The van der Waals surface area contributed by atoms with Crippen molar-refractivity contribution in [3.63, 3.8) is 0 Å². The zero-order chi connectivity index (χ0) is 13.8. The highest BCUT2D eigenvalue weighted by atomic mass is 35.5. The molecule has 1 aromatic carbocycles. The molecule has 1 amide bonds. The Hall–Kier alpha value is -1.78. The average Bonchev–Trinajstić information content (AvgIpc) is 2.41. The molecule has 2 aromatic rings. The Morgan fingerprint density at radius 1 is 1.32 bits per heavy atom. The van der Waals surface area contributed by atoms with Gasteiger partial charge in [-0.05, 0) is 30.3 Å². The van der Waals surface area contributed by atoms with Gasteiger partial charge in [-0.3, -0.25) is 4.79 Å². The Kier molecular flexibility index (Phi) is 4.24. The molecule has 0 fully saturated rings. The molecule has 2 rings (SSSR count). The normalized spacial score (nSPS) is 10.1. The topological polar surface area (TPSA) is 51.2 Å². The van der Waals surface area contributed by atoms with Crippen molar-refractivity contribution in [1.29, 1.82) is 0 Å². The first-order chi connectivity index (χ1) is 9.11. The molecule has 0 spiro atoms. The molecule has 0 saturated carbocycles. The van der Waals surface area contributed by atoms with Crippen LogP contribution in [0.5, 0.6) is 5.75 Å². The lowest BCUT2D eigenvalue weighted by atomic mass is 10.2. The second-order valence-corrected chi connectivity index (χ2v) is 4.43. The van der Waals surface area contributed by atoms with Gasteiger partial charge in [-0.25, -0.2) is 4.98 Å². The highest BCUT2D eigenvalue weighted by Gasteiger charge is 2.14. The molecule has 0 atom stereocenters. The number of amides is 1. The fourth-order valence-corrected chi connectivity index (χ4v) is 1.85. The fraction of sp³-hybridized carbons (Fsp3) is 0.0769. The Bertz CT molecular complexity index is 617. The number of ether oxygens (including phenoxy) is 1. The molecule has 1 N–H and O–H groups in total. The molecule has 0 aliphatic heterocycles. The number of aromatic nitrogens is 1. The van der Waals surface area contributed by atoms with E-state index in [9.17, 15) is 4.79 Å². The minimum Gasteiger partial charge on any atom is -0.496 e. The predicted octanol–water partition coefficient (Wildman–Crippen LogP) is 3.65. The monoisotopic (exact) mass is 296 g/mol. The molecular formula is C13H10Cl2N2O2. The molecule has 0 aliphatic carbocycles. The number of nitrogens with one attached hydrogen (secondary N) is 1. The van der Waals surface area contributed by atoms with Crippen molar-refractivity contribution in [3.05, 3.63) is 52.3 Å². The number of hydrogen-bond donors (Lipinski definition) is 1. The van der Waals surface area contributed by atoms with Crippen LogP contribution in [0.15, 0.2) is 36.5 Å². The maximum absolute atomic E-state index is 12.1. The highest BCUT2D eigenvalue weighted by Crippen LogP contribution is 2.25. The number of anilines is 1. The quantitative estimate of drug-likeness (QED) is 0.880. The van der Waals surface area contributed by atoms with E-state index in [0.29, 0.717) is 22.0 Å². The molecule has 4 nitrogen and oxygen atoms in total. The number of halogens is 2. The molecular weight excluding hydrogens is 287 g/mol. The minimum absolute atomic E-state index is 0.226. The van der Waals surface area contributed by atoms with Gasteiger partial charge in [0.15, 0.2) is 5.15 Å². The number of carbonyl (C=O) groups excluding carboxylic acids is 1. The van der Waals surface area contributed by atoms with Gasteiger partial charge in [0.2, 0.25) is 0 Å². The van der Waals surface area contributed by atoms with E-state index in [1.54, 1.807) is 36.5 Å². The number of hydrogen-bond acceptors (Lipinski definition) is 3. The van der Waals surface area contributed by atoms with Crippen LogP contribution in [0, 0.1) is 0 Å². The smallest absolute Gasteiger partial charge is 0.259 e. The van der Waals surface area contributed by atoms with E-state index in [1.165, 1.54) is 7.11 Å². The maximum Gasteiger partial charge on any atom is 0.259 e. The molecule has 0 unspecified atom stereocenters. The fourth-order valence-electron chi connectivity index (χ4n) is 1.52. The summed E-state index contributed by atoms with van der Waals surface area (Å²) in [4.78, 5) is 16.0. The summed E-state index contributed by atoms with van der Waals surface area (Å²) in [6, 6.07) is 8.11. The zero-order valence-electron chi connectivity index (χ0n) is 9.98. The second-order valence-electron chi connectivity index (χ2n) is 3.64.